The lowest BCUT2D eigenvalue weighted by Crippen LogP contribution is -2.43. The number of carbonyl (C=O) groups is 1. The molecule has 1 fully saturated rings. The molecule has 0 radical (unpaired) electrons. The number of carbonyl (C=O) groups excluding carboxylic acids is 1. The summed E-state index contributed by atoms with van der Waals surface area (Å²) < 4.78 is 11.7. The maximum atomic E-state index is 13.0. The summed E-state index contributed by atoms with van der Waals surface area (Å²) >= 11 is 0. The van der Waals surface area contributed by atoms with Crippen LogP contribution in [0.5, 0.6) is 11.5 Å². The molecule has 29 heavy (non-hydrogen) atoms. The maximum absolute atomic E-state index is 13.0. The first-order valence-electron chi connectivity index (χ1n) is 9.80. The third kappa shape index (κ3) is 3.22. The van der Waals surface area contributed by atoms with Crippen LogP contribution >= 0.6 is 0 Å². The normalized spacial score (nSPS) is 19.7. The van der Waals surface area contributed by atoms with Gasteiger partial charge in [0.1, 0.15) is 11.5 Å². The number of rotatable bonds is 4. The number of methoxy groups -OCH3 is 1. The van der Waals surface area contributed by atoms with Crippen molar-refractivity contribution < 1.29 is 14.3 Å². The molecule has 148 valence electrons. The van der Waals surface area contributed by atoms with Crippen molar-refractivity contribution in [1.29, 1.82) is 0 Å². The summed E-state index contributed by atoms with van der Waals surface area (Å²) in [5, 5.41) is 3.36. The Bertz CT molecular complexity index is 1040. The van der Waals surface area contributed by atoms with Crippen molar-refractivity contribution >= 4 is 11.5 Å². The summed E-state index contributed by atoms with van der Waals surface area (Å²) in [6.45, 7) is 5.01. The molecule has 5 rings (SSSR count). The van der Waals surface area contributed by atoms with Crippen molar-refractivity contribution in [1.82, 2.24) is 15.2 Å². The fraction of sp³-hybridized carbons (Fsp3) is 0.318. The number of pyridine rings is 1. The first-order valence-corrected chi connectivity index (χ1v) is 9.80. The number of ether oxygens (including phenoxy) is 2. The van der Waals surface area contributed by atoms with Crippen LogP contribution in [0.3, 0.4) is 0 Å². The van der Waals surface area contributed by atoms with Crippen LogP contribution in [-0.2, 0) is 13.1 Å². The number of nitrogens with one attached hydrogen (secondary N) is 1. The van der Waals surface area contributed by atoms with Crippen LogP contribution < -0.4 is 14.8 Å². The van der Waals surface area contributed by atoms with E-state index in [0.29, 0.717) is 30.2 Å². The number of Topliss-reactive ketones (excluding diaryl/α,β-unsaturated/α-hetero) is 1. The number of allylic oxidation sites excluding steroid dienone is 2. The van der Waals surface area contributed by atoms with Gasteiger partial charge < -0.3 is 14.8 Å². The highest BCUT2D eigenvalue weighted by molar-refractivity contribution is 6.19. The molecular weight excluding hydrogens is 368 g/mol. The van der Waals surface area contributed by atoms with Gasteiger partial charge in [-0.25, -0.2) is 0 Å². The fourth-order valence-corrected chi connectivity index (χ4v) is 4.01. The molecule has 0 saturated carbocycles. The van der Waals surface area contributed by atoms with E-state index in [4.69, 9.17) is 9.47 Å². The van der Waals surface area contributed by atoms with E-state index in [-0.39, 0.29) is 5.78 Å². The van der Waals surface area contributed by atoms with Crippen molar-refractivity contribution in [2.75, 3.05) is 33.3 Å². The van der Waals surface area contributed by atoms with Crippen molar-refractivity contribution in [2.24, 2.45) is 4.99 Å². The number of aromatic nitrogens is 1. The molecule has 0 unspecified atom stereocenters. The molecule has 7 nitrogen and oxygen atoms in total. The van der Waals surface area contributed by atoms with Crippen molar-refractivity contribution in [2.45, 2.75) is 13.1 Å². The monoisotopic (exact) mass is 390 g/mol. The van der Waals surface area contributed by atoms with Crippen molar-refractivity contribution in [3.05, 3.63) is 64.7 Å². The Morgan fingerprint density at radius 2 is 2.10 bits per heavy atom. The van der Waals surface area contributed by atoms with Gasteiger partial charge in [0.25, 0.3) is 0 Å². The van der Waals surface area contributed by atoms with E-state index >= 15 is 0 Å². The van der Waals surface area contributed by atoms with E-state index in [1.165, 1.54) is 0 Å². The van der Waals surface area contributed by atoms with Crippen LogP contribution in [-0.4, -0.2) is 54.7 Å². The van der Waals surface area contributed by atoms with E-state index in [1.807, 2.05) is 18.2 Å². The first-order chi connectivity index (χ1) is 14.2. The Labute approximate surface area is 169 Å². The van der Waals surface area contributed by atoms with Crippen molar-refractivity contribution in [3.8, 4) is 11.5 Å². The summed E-state index contributed by atoms with van der Waals surface area (Å²) in [5.74, 6) is 1.52. The Morgan fingerprint density at radius 3 is 2.93 bits per heavy atom. The van der Waals surface area contributed by atoms with Crippen LogP contribution in [0.4, 0.5) is 0 Å². The minimum atomic E-state index is -0.121. The molecule has 0 amide bonds. The summed E-state index contributed by atoms with van der Waals surface area (Å²) in [5.41, 5.74) is 4.10. The zero-order chi connectivity index (χ0) is 19.8. The number of benzene rings is 1. The number of hydrogen-bond acceptors (Lipinski definition) is 7. The minimum absolute atomic E-state index is 0.121. The lowest BCUT2D eigenvalue weighted by atomic mass is 10.0. The Hall–Kier alpha value is -3.03. The zero-order valence-corrected chi connectivity index (χ0v) is 16.3. The molecule has 4 heterocycles. The molecule has 0 spiro atoms. The van der Waals surface area contributed by atoms with Gasteiger partial charge in [0.2, 0.25) is 5.78 Å². The highest BCUT2D eigenvalue weighted by atomic mass is 16.5. The second-order valence-electron chi connectivity index (χ2n) is 7.29. The summed E-state index contributed by atoms with van der Waals surface area (Å²) in [6, 6.07) is 7.48. The molecular formula is C22H22N4O3. The molecule has 2 aromatic rings. The molecule has 0 aliphatic carbocycles. The number of fused-ring (bicyclic) bond motifs is 2. The van der Waals surface area contributed by atoms with Crippen LogP contribution in [0.25, 0.3) is 0 Å². The molecule has 0 bridgehead atoms. The molecule has 7 heteroatoms. The largest absolute Gasteiger partial charge is 0.496 e. The van der Waals surface area contributed by atoms with E-state index in [0.717, 1.165) is 54.5 Å². The number of aliphatic imine (C=N–C) groups is 1. The summed E-state index contributed by atoms with van der Waals surface area (Å²) in [7, 11) is 1.65. The quantitative estimate of drug-likeness (QED) is 0.805. The van der Waals surface area contributed by atoms with Gasteiger partial charge in [0.05, 0.1) is 36.2 Å². The second-order valence-corrected chi connectivity index (χ2v) is 7.29. The Morgan fingerprint density at radius 1 is 1.24 bits per heavy atom. The van der Waals surface area contributed by atoms with Gasteiger partial charge in [-0.3, -0.25) is 19.7 Å². The third-order valence-electron chi connectivity index (χ3n) is 5.54. The first kappa shape index (κ1) is 18.0. The maximum Gasteiger partial charge on any atom is 0.232 e. The molecule has 1 aromatic heterocycles. The van der Waals surface area contributed by atoms with Gasteiger partial charge in [-0.2, -0.15) is 0 Å². The van der Waals surface area contributed by atoms with Gasteiger partial charge in [-0.15, -0.1) is 0 Å². The predicted molar refractivity (Wildman–Crippen MR) is 109 cm³/mol. The number of nitrogens with zero attached hydrogens (tertiary/aromatic N) is 3. The summed E-state index contributed by atoms with van der Waals surface area (Å²) in [4.78, 5) is 24.2. The van der Waals surface area contributed by atoms with Gasteiger partial charge in [-0.05, 0) is 24.3 Å². The van der Waals surface area contributed by atoms with E-state index in [1.54, 1.807) is 25.4 Å². The number of piperazine rings is 1. The molecule has 3 aliphatic rings. The molecule has 1 saturated heterocycles. The molecule has 1 aromatic carbocycles. The zero-order valence-electron chi connectivity index (χ0n) is 16.3. The number of ketones is 1. The Kier molecular flexibility index (Phi) is 4.61. The van der Waals surface area contributed by atoms with Crippen LogP contribution in [0.1, 0.15) is 27.2 Å². The van der Waals surface area contributed by atoms with E-state index < -0.39 is 0 Å². The topological polar surface area (TPSA) is 76.1 Å². The lowest BCUT2D eigenvalue weighted by molar-refractivity contribution is 0.101. The van der Waals surface area contributed by atoms with Gasteiger partial charge >= 0.3 is 0 Å². The van der Waals surface area contributed by atoms with Crippen LogP contribution in [0, 0.1) is 0 Å². The highest BCUT2D eigenvalue weighted by Gasteiger charge is 2.33. The number of hydrogen-bond donors (Lipinski definition) is 1. The smallest absolute Gasteiger partial charge is 0.232 e. The average Bonchev–Trinajstić information content (AvgIpc) is 3.31. The van der Waals surface area contributed by atoms with Gasteiger partial charge in [0.15, 0.2) is 5.76 Å². The van der Waals surface area contributed by atoms with Crippen LogP contribution in [0.2, 0.25) is 0 Å². The van der Waals surface area contributed by atoms with Crippen LogP contribution in [0.15, 0.2) is 47.3 Å². The van der Waals surface area contributed by atoms with E-state index in [2.05, 4.69) is 20.2 Å². The molecule has 3 aliphatic heterocycles. The van der Waals surface area contributed by atoms with Gasteiger partial charge in [0, 0.05) is 50.6 Å². The third-order valence-corrected chi connectivity index (χ3v) is 5.54. The van der Waals surface area contributed by atoms with E-state index in [9.17, 15) is 4.79 Å². The molecule has 1 N–H and O–H groups in total. The fourth-order valence-electron chi connectivity index (χ4n) is 4.01. The standard InChI is InChI=1S/C22H22N4O3/c1-28-19-5-4-15-21(27)20(11-17-14-3-2-6-24-18(14)12-25-17)29-22(15)16(19)13-26-9-7-23-8-10-26/h2-6,11,23H,7-10,12-13H2,1H3/b20-11-. The van der Waals surface area contributed by atoms with Crippen molar-refractivity contribution in [3.63, 3.8) is 0 Å². The SMILES string of the molecule is COc1ccc2c(c1CN1CCNCC1)O/C(=C\C1=NCc3ncccc31)C2=O. The summed E-state index contributed by atoms with van der Waals surface area (Å²) in [6.07, 6.45) is 3.49. The minimum Gasteiger partial charge on any atom is -0.496 e. The second kappa shape index (κ2) is 7.42. The van der Waals surface area contributed by atoms with Gasteiger partial charge in [-0.1, -0.05) is 0 Å². The molecule has 0 atom stereocenters. The lowest BCUT2D eigenvalue weighted by Gasteiger charge is -2.28. The highest BCUT2D eigenvalue weighted by Crippen LogP contribution is 2.40. The predicted octanol–water partition coefficient (Wildman–Crippen LogP) is 1.96. The average molecular weight is 390 g/mol. The Balaban J connectivity index is 1.48.